The van der Waals surface area contributed by atoms with Crippen molar-refractivity contribution in [3.63, 3.8) is 0 Å². The van der Waals surface area contributed by atoms with Gasteiger partial charge in [0.2, 0.25) is 0 Å². The molecule has 0 radical (unpaired) electrons. The quantitative estimate of drug-likeness (QED) is 0.280. The summed E-state index contributed by atoms with van der Waals surface area (Å²) in [5, 5.41) is 1.39. The molecule has 1 aliphatic carbocycles. The van der Waals surface area contributed by atoms with Crippen LogP contribution in [-0.2, 0) is 0 Å². The highest BCUT2D eigenvalue weighted by Crippen LogP contribution is 2.53. The fourth-order valence-corrected chi connectivity index (χ4v) is 5.56. The van der Waals surface area contributed by atoms with Crippen molar-refractivity contribution in [2.45, 2.75) is 0 Å². The van der Waals surface area contributed by atoms with E-state index in [0.29, 0.717) is 0 Å². The van der Waals surface area contributed by atoms with Crippen LogP contribution in [0.1, 0.15) is 0 Å². The van der Waals surface area contributed by atoms with E-state index in [4.69, 9.17) is 0 Å². The van der Waals surface area contributed by atoms with E-state index in [-0.39, 0.29) is 0 Å². The molecule has 126 valence electrons. The highest BCUT2D eigenvalue weighted by Gasteiger charge is 2.25. The SMILES string of the molecule is c1ccc(-c2sc3cccc4c3c2-c2ccccc2-c2ccccc2-4)cc1. The van der Waals surface area contributed by atoms with E-state index in [9.17, 15) is 0 Å². The van der Waals surface area contributed by atoms with Crippen LogP contribution in [0.5, 0.6) is 0 Å². The van der Waals surface area contributed by atoms with Gasteiger partial charge in [-0.1, -0.05) is 91.0 Å². The van der Waals surface area contributed by atoms with Crippen molar-refractivity contribution in [2.75, 3.05) is 0 Å². The van der Waals surface area contributed by atoms with Crippen LogP contribution in [0.3, 0.4) is 0 Å². The maximum atomic E-state index is 2.28. The van der Waals surface area contributed by atoms with Gasteiger partial charge in [-0.05, 0) is 39.4 Å². The fraction of sp³-hybridized carbons (Fsp3) is 0. The molecule has 0 aliphatic heterocycles. The highest BCUT2D eigenvalue weighted by atomic mass is 32.1. The van der Waals surface area contributed by atoms with Crippen LogP contribution >= 0.6 is 11.3 Å². The molecule has 0 nitrogen and oxygen atoms in total. The lowest BCUT2D eigenvalue weighted by atomic mass is 9.93. The summed E-state index contributed by atoms with van der Waals surface area (Å²) in [5.41, 5.74) is 9.31. The van der Waals surface area contributed by atoms with Gasteiger partial charge < -0.3 is 0 Å². The Hall–Kier alpha value is -3.16. The second-order valence-electron chi connectivity index (χ2n) is 6.94. The number of rotatable bonds is 1. The minimum absolute atomic E-state index is 1.29. The van der Waals surface area contributed by atoms with Gasteiger partial charge in [0, 0.05) is 20.5 Å². The third-order valence-electron chi connectivity index (χ3n) is 5.46. The standard InChI is InChI=1S/C26H16S/c1-2-9-17(10-3-1)26-25-22-14-7-6-13-20(22)18-11-4-5-12-19(18)21-15-8-16-23(27-26)24(21)25/h1-16H. The minimum Gasteiger partial charge on any atom is -0.135 e. The van der Waals surface area contributed by atoms with Gasteiger partial charge in [0.1, 0.15) is 0 Å². The normalized spacial score (nSPS) is 11.7. The van der Waals surface area contributed by atoms with Crippen LogP contribution < -0.4 is 0 Å². The van der Waals surface area contributed by atoms with Crippen molar-refractivity contribution in [2.24, 2.45) is 0 Å². The molecule has 0 saturated carbocycles. The largest absolute Gasteiger partial charge is 0.135 e. The first-order valence-electron chi connectivity index (χ1n) is 9.22. The Balaban J connectivity index is 1.86. The summed E-state index contributed by atoms with van der Waals surface area (Å²) >= 11 is 1.90. The Kier molecular flexibility index (Phi) is 3.14. The van der Waals surface area contributed by atoms with Crippen LogP contribution in [0.2, 0.25) is 0 Å². The summed E-state index contributed by atoms with van der Waals surface area (Å²) in [6.45, 7) is 0. The van der Waals surface area contributed by atoms with Gasteiger partial charge >= 0.3 is 0 Å². The third-order valence-corrected chi connectivity index (χ3v) is 6.66. The molecule has 0 unspecified atom stereocenters. The predicted octanol–water partition coefficient (Wildman–Crippen LogP) is 7.88. The number of benzene rings is 4. The highest BCUT2D eigenvalue weighted by molar-refractivity contribution is 7.23. The van der Waals surface area contributed by atoms with Crippen molar-refractivity contribution in [3.8, 4) is 43.8 Å². The molecule has 1 heterocycles. The molecule has 1 heteroatoms. The Morgan fingerprint density at radius 3 is 1.74 bits per heavy atom. The molecule has 0 amide bonds. The number of fused-ring (bicyclic) bond motifs is 5. The van der Waals surface area contributed by atoms with Crippen LogP contribution in [0.15, 0.2) is 97.1 Å². The fourth-order valence-electron chi connectivity index (χ4n) is 4.31. The Bertz CT molecular complexity index is 1310. The van der Waals surface area contributed by atoms with Gasteiger partial charge in [-0.2, -0.15) is 0 Å². The summed E-state index contributed by atoms with van der Waals surface area (Å²) in [6.07, 6.45) is 0. The molecule has 6 rings (SSSR count). The van der Waals surface area contributed by atoms with Gasteiger partial charge in [0.15, 0.2) is 0 Å². The molecule has 0 atom stereocenters. The average Bonchev–Trinajstić information content (AvgIpc) is 3.08. The summed E-state index contributed by atoms with van der Waals surface area (Å²) in [4.78, 5) is 1.36. The number of hydrogen-bond donors (Lipinski definition) is 0. The van der Waals surface area contributed by atoms with E-state index in [1.54, 1.807) is 0 Å². The zero-order valence-corrected chi connectivity index (χ0v) is 15.5. The molecule has 0 fully saturated rings. The van der Waals surface area contributed by atoms with Crippen LogP contribution in [-0.4, -0.2) is 0 Å². The second kappa shape index (κ2) is 5.67. The second-order valence-corrected chi connectivity index (χ2v) is 7.99. The summed E-state index contributed by atoms with van der Waals surface area (Å²) < 4.78 is 1.35. The first-order chi connectivity index (χ1) is 13.4. The lowest BCUT2D eigenvalue weighted by Crippen LogP contribution is -1.85. The molecular formula is C26H16S. The van der Waals surface area contributed by atoms with Crippen molar-refractivity contribution in [1.29, 1.82) is 0 Å². The average molecular weight is 360 g/mol. The maximum Gasteiger partial charge on any atom is 0.0434 e. The van der Waals surface area contributed by atoms with E-state index in [1.807, 2.05) is 11.3 Å². The van der Waals surface area contributed by atoms with Crippen LogP contribution in [0.4, 0.5) is 0 Å². The van der Waals surface area contributed by atoms with Crippen molar-refractivity contribution < 1.29 is 0 Å². The van der Waals surface area contributed by atoms with Crippen molar-refractivity contribution >= 4 is 21.4 Å². The lowest BCUT2D eigenvalue weighted by molar-refractivity contribution is 1.62. The lowest BCUT2D eigenvalue weighted by Gasteiger charge is -2.11. The van der Waals surface area contributed by atoms with E-state index < -0.39 is 0 Å². The van der Waals surface area contributed by atoms with Gasteiger partial charge in [-0.15, -0.1) is 11.3 Å². The minimum atomic E-state index is 1.29. The van der Waals surface area contributed by atoms with Crippen LogP contribution in [0.25, 0.3) is 53.9 Å². The molecule has 0 saturated heterocycles. The Labute approximate surface area is 162 Å². The van der Waals surface area contributed by atoms with Gasteiger partial charge in [0.05, 0.1) is 0 Å². The zero-order chi connectivity index (χ0) is 17.8. The van der Waals surface area contributed by atoms with Gasteiger partial charge in [-0.3, -0.25) is 0 Å². The molecule has 0 spiro atoms. The first kappa shape index (κ1) is 15.0. The topological polar surface area (TPSA) is 0 Å². The molecule has 0 N–H and O–H groups in total. The summed E-state index contributed by atoms with van der Waals surface area (Å²) in [7, 11) is 0. The van der Waals surface area contributed by atoms with Crippen molar-refractivity contribution in [3.05, 3.63) is 97.1 Å². The van der Waals surface area contributed by atoms with Gasteiger partial charge in [-0.25, -0.2) is 0 Å². The number of hydrogen-bond acceptors (Lipinski definition) is 1. The molecule has 27 heavy (non-hydrogen) atoms. The van der Waals surface area contributed by atoms with Crippen LogP contribution in [0, 0.1) is 0 Å². The molecule has 4 aromatic carbocycles. The monoisotopic (exact) mass is 360 g/mol. The molecule has 1 aliphatic rings. The maximum absolute atomic E-state index is 2.28. The summed E-state index contributed by atoms with van der Waals surface area (Å²) in [5.74, 6) is 0. The van der Waals surface area contributed by atoms with Crippen molar-refractivity contribution in [1.82, 2.24) is 0 Å². The van der Waals surface area contributed by atoms with E-state index >= 15 is 0 Å². The molecule has 1 aromatic heterocycles. The zero-order valence-electron chi connectivity index (χ0n) is 14.6. The van der Waals surface area contributed by atoms with E-state index in [1.165, 1.54) is 53.9 Å². The van der Waals surface area contributed by atoms with E-state index in [0.717, 1.165) is 0 Å². The first-order valence-corrected chi connectivity index (χ1v) is 10.0. The Morgan fingerprint density at radius 1 is 0.444 bits per heavy atom. The molecule has 5 aromatic rings. The van der Waals surface area contributed by atoms with Gasteiger partial charge in [0.25, 0.3) is 0 Å². The predicted molar refractivity (Wildman–Crippen MR) is 117 cm³/mol. The smallest absolute Gasteiger partial charge is 0.0434 e. The Morgan fingerprint density at radius 2 is 1.00 bits per heavy atom. The summed E-state index contributed by atoms with van der Waals surface area (Å²) in [6, 6.07) is 35.2. The molecular weight excluding hydrogens is 344 g/mol. The number of thiophene rings is 1. The molecule has 0 bridgehead atoms. The van der Waals surface area contributed by atoms with E-state index in [2.05, 4.69) is 97.1 Å². The third kappa shape index (κ3) is 2.09.